The molecule has 0 aromatic heterocycles. The van der Waals surface area contributed by atoms with Crippen LogP contribution in [0.5, 0.6) is 0 Å². The lowest BCUT2D eigenvalue weighted by Gasteiger charge is -2.14. The van der Waals surface area contributed by atoms with E-state index >= 15 is 0 Å². The maximum Gasteiger partial charge on any atom is 0.140 e. The fourth-order valence-corrected chi connectivity index (χ4v) is 2.77. The number of nitrogens with one attached hydrogen (secondary N) is 1. The summed E-state index contributed by atoms with van der Waals surface area (Å²) in [5.41, 5.74) is 1.71. The lowest BCUT2D eigenvalue weighted by atomic mass is 10.1. The first kappa shape index (κ1) is 15.8. The number of nitrogens with zero attached hydrogens (tertiary/aromatic N) is 1. The Bertz CT molecular complexity index is 683. The minimum Gasteiger partial charge on any atom is -0.366 e. The molecule has 1 N–H and O–H groups in total. The van der Waals surface area contributed by atoms with Gasteiger partial charge in [-0.3, -0.25) is 0 Å². The second-order valence-corrected chi connectivity index (χ2v) is 6.98. The van der Waals surface area contributed by atoms with Crippen LogP contribution >= 0.6 is 59.4 Å². The van der Waals surface area contributed by atoms with Gasteiger partial charge < -0.3 is 5.32 Å². The molecule has 0 bridgehead atoms. The van der Waals surface area contributed by atoms with Crippen molar-refractivity contribution in [2.75, 3.05) is 5.32 Å². The average Bonchev–Trinajstić information content (AvgIpc) is 2.43. The van der Waals surface area contributed by atoms with Crippen molar-refractivity contribution in [1.82, 2.24) is 0 Å². The third-order valence-corrected chi connectivity index (χ3v) is 5.73. The molecule has 0 saturated heterocycles. The Morgan fingerprint density at radius 1 is 1.00 bits per heavy atom. The number of anilines is 1. The smallest absolute Gasteiger partial charge is 0.140 e. The maximum absolute atomic E-state index is 9.35. The van der Waals surface area contributed by atoms with Crippen LogP contribution in [0.15, 0.2) is 49.8 Å². The topological polar surface area (TPSA) is 35.8 Å². The Hall–Kier alpha value is -0.540. The predicted octanol–water partition coefficient (Wildman–Crippen LogP) is 6.30. The zero-order valence-electron chi connectivity index (χ0n) is 10.0. The van der Waals surface area contributed by atoms with Gasteiger partial charge in [-0.05, 0) is 83.7 Å². The Morgan fingerprint density at radius 3 is 2.35 bits per heavy atom. The van der Waals surface area contributed by atoms with E-state index in [1.54, 1.807) is 6.07 Å². The van der Waals surface area contributed by atoms with E-state index in [1.807, 2.05) is 30.3 Å². The van der Waals surface area contributed by atoms with Crippen molar-refractivity contribution in [1.29, 1.82) is 5.26 Å². The van der Waals surface area contributed by atoms with E-state index < -0.39 is 6.04 Å². The summed E-state index contributed by atoms with van der Waals surface area (Å²) in [6, 6.07) is 13.0. The second-order valence-electron chi connectivity index (χ2n) is 4.01. The van der Waals surface area contributed by atoms with Crippen LogP contribution in [0.25, 0.3) is 0 Å². The Morgan fingerprint density at radius 2 is 1.75 bits per heavy atom. The number of halogens is 4. The summed E-state index contributed by atoms with van der Waals surface area (Å²) >= 11 is 16.2. The molecule has 0 aliphatic carbocycles. The zero-order chi connectivity index (χ0) is 14.7. The first-order chi connectivity index (χ1) is 9.51. The molecule has 0 fully saturated rings. The fourth-order valence-electron chi connectivity index (χ4n) is 1.63. The molecule has 102 valence electrons. The molecule has 2 rings (SSSR count). The van der Waals surface area contributed by atoms with Gasteiger partial charge in [0.15, 0.2) is 0 Å². The van der Waals surface area contributed by atoms with E-state index in [9.17, 15) is 5.26 Å². The molecule has 0 aliphatic heterocycles. The monoisotopic (exact) mass is 476 g/mol. The van der Waals surface area contributed by atoms with E-state index in [0.717, 1.165) is 24.7 Å². The third-order valence-electron chi connectivity index (χ3n) is 2.64. The summed E-state index contributed by atoms with van der Waals surface area (Å²) in [5.74, 6) is 0. The minimum atomic E-state index is -0.438. The van der Waals surface area contributed by atoms with Crippen molar-refractivity contribution in [3.8, 4) is 6.07 Å². The first-order valence-corrected chi connectivity index (χ1v) is 8.33. The van der Waals surface area contributed by atoms with Gasteiger partial charge >= 0.3 is 0 Å². The van der Waals surface area contributed by atoms with Gasteiger partial charge in [-0.15, -0.1) is 0 Å². The van der Waals surface area contributed by atoms with Crippen LogP contribution in [0.1, 0.15) is 11.6 Å². The summed E-state index contributed by atoms with van der Waals surface area (Å²) in [6.07, 6.45) is 0. The Kier molecular flexibility index (Phi) is 5.50. The van der Waals surface area contributed by atoms with Crippen LogP contribution < -0.4 is 5.32 Å². The number of hydrogen-bond donors (Lipinski definition) is 1. The van der Waals surface area contributed by atoms with Crippen LogP contribution in [0.2, 0.25) is 5.02 Å². The molecule has 6 heteroatoms. The molecule has 1 atom stereocenters. The number of benzene rings is 2. The zero-order valence-corrected chi connectivity index (χ0v) is 15.5. The normalized spacial score (nSPS) is 11.8. The standard InChI is InChI=1S/C14H8Br3ClN2/c15-10-3-1-8(5-11(10)16)14(7-19)20-9-2-4-13(18)12(17)6-9/h1-6,14,20H. The van der Waals surface area contributed by atoms with Gasteiger partial charge in [-0.1, -0.05) is 17.7 Å². The number of rotatable bonds is 3. The van der Waals surface area contributed by atoms with Gasteiger partial charge in [0.1, 0.15) is 6.04 Å². The summed E-state index contributed by atoms with van der Waals surface area (Å²) in [6.45, 7) is 0. The molecule has 2 aromatic rings. The second kappa shape index (κ2) is 6.95. The maximum atomic E-state index is 9.35. The largest absolute Gasteiger partial charge is 0.366 e. The highest BCUT2D eigenvalue weighted by molar-refractivity contribution is 9.13. The molecule has 20 heavy (non-hydrogen) atoms. The van der Waals surface area contributed by atoms with Crippen LogP contribution in [-0.4, -0.2) is 0 Å². The molecular weight excluding hydrogens is 471 g/mol. The quantitative estimate of drug-likeness (QED) is 0.561. The fraction of sp³-hybridized carbons (Fsp3) is 0.0714. The molecule has 2 nitrogen and oxygen atoms in total. The van der Waals surface area contributed by atoms with E-state index in [0.29, 0.717) is 5.02 Å². The highest BCUT2D eigenvalue weighted by Crippen LogP contribution is 2.30. The lowest BCUT2D eigenvalue weighted by Crippen LogP contribution is -2.08. The molecule has 0 aliphatic rings. The van der Waals surface area contributed by atoms with Gasteiger partial charge in [0.25, 0.3) is 0 Å². The van der Waals surface area contributed by atoms with E-state index in [4.69, 9.17) is 11.6 Å². The highest BCUT2D eigenvalue weighted by atomic mass is 79.9. The summed E-state index contributed by atoms with van der Waals surface area (Å²) in [5, 5.41) is 13.2. The SMILES string of the molecule is N#CC(Nc1ccc(Cl)c(Br)c1)c1ccc(Br)c(Br)c1. The Balaban J connectivity index is 2.26. The molecule has 0 heterocycles. The van der Waals surface area contributed by atoms with E-state index in [1.165, 1.54) is 0 Å². The van der Waals surface area contributed by atoms with Crippen molar-refractivity contribution < 1.29 is 0 Å². The average molecular weight is 479 g/mol. The van der Waals surface area contributed by atoms with Gasteiger partial charge in [0.05, 0.1) is 11.1 Å². The molecule has 1 unspecified atom stereocenters. The highest BCUT2D eigenvalue weighted by Gasteiger charge is 2.12. The number of hydrogen-bond acceptors (Lipinski definition) is 2. The molecule has 0 amide bonds. The van der Waals surface area contributed by atoms with Crippen molar-refractivity contribution in [3.63, 3.8) is 0 Å². The first-order valence-electron chi connectivity index (χ1n) is 5.57. The molecule has 0 spiro atoms. The van der Waals surface area contributed by atoms with Crippen molar-refractivity contribution >= 4 is 65.1 Å². The summed E-state index contributed by atoms with van der Waals surface area (Å²) in [4.78, 5) is 0. The predicted molar refractivity (Wildman–Crippen MR) is 93.0 cm³/mol. The van der Waals surface area contributed by atoms with Crippen LogP contribution in [0.3, 0.4) is 0 Å². The van der Waals surface area contributed by atoms with Crippen LogP contribution in [0.4, 0.5) is 5.69 Å². The van der Waals surface area contributed by atoms with Crippen molar-refractivity contribution in [2.24, 2.45) is 0 Å². The van der Waals surface area contributed by atoms with Gasteiger partial charge in [0, 0.05) is 19.1 Å². The number of nitriles is 1. The van der Waals surface area contributed by atoms with Gasteiger partial charge in [-0.25, -0.2) is 0 Å². The van der Waals surface area contributed by atoms with Gasteiger partial charge in [-0.2, -0.15) is 5.26 Å². The third kappa shape index (κ3) is 3.76. The van der Waals surface area contributed by atoms with E-state index in [-0.39, 0.29) is 0 Å². The molecule has 0 radical (unpaired) electrons. The lowest BCUT2D eigenvalue weighted by molar-refractivity contribution is 0.995. The van der Waals surface area contributed by atoms with Gasteiger partial charge in [0.2, 0.25) is 0 Å². The molecule has 0 saturated carbocycles. The van der Waals surface area contributed by atoms with E-state index in [2.05, 4.69) is 59.2 Å². The summed E-state index contributed by atoms with van der Waals surface area (Å²) < 4.78 is 2.65. The molecule has 2 aromatic carbocycles. The Labute approximate surface area is 147 Å². The molecular formula is C14H8Br3ClN2. The van der Waals surface area contributed by atoms with Crippen LogP contribution in [-0.2, 0) is 0 Å². The minimum absolute atomic E-state index is 0.438. The van der Waals surface area contributed by atoms with Crippen LogP contribution in [0, 0.1) is 11.3 Å². The summed E-state index contributed by atoms with van der Waals surface area (Å²) in [7, 11) is 0. The van der Waals surface area contributed by atoms with Crippen molar-refractivity contribution in [3.05, 3.63) is 60.4 Å². The van der Waals surface area contributed by atoms with Crippen molar-refractivity contribution in [2.45, 2.75) is 6.04 Å².